The Morgan fingerprint density at radius 2 is 1.56 bits per heavy atom. The highest BCUT2D eigenvalue weighted by Crippen LogP contribution is 2.68. The van der Waals surface area contributed by atoms with Gasteiger partial charge in [-0.2, -0.15) is 0 Å². The van der Waals surface area contributed by atoms with Gasteiger partial charge >= 0.3 is 0 Å². The van der Waals surface area contributed by atoms with Crippen LogP contribution < -0.4 is 16.4 Å². The first kappa shape index (κ1) is 31.7. The summed E-state index contributed by atoms with van der Waals surface area (Å²) in [5.41, 5.74) is 6.35. The molecule has 0 amide bonds. The van der Waals surface area contributed by atoms with E-state index in [1.165, 1.54) is 57.8 Å². The number of nitrogens with one attached hydrogen (secondary N) is 2. The average Bonchev–Trinajstić information content (AvgIpc) is 3.26. The van der Waals surface area contributed by atoms with Gasteiger partial charge in [0.1, 0.15) is 0 Å². The summed E-state index contributed by atoms with van der Waals surface area (Å²) in [6.07, 6.45) is 15.5. The molecule has 0 heterocycles. The Kier molecular flexibility index (Phi) is 11.3. The Hall–Kier alpha value is -0.200. The summed E-state index contributed by atoms with van der Waals surface area (Å²) < 4.78 is 0. The van der Waals surface area contributed by atoms with E-state index in [0.717, 1.165) is 57.8 Å². The molecule has 228 valence electrons. The van der Waals surface area contributed by atoms with E-state index in [1.807, 2.05) is 0 Å². The molecule has 0 aromatic carbocycles. The van der Waals surface area contributed by atoms with Crippen LogP contribution in [-0.4, -0.2) is 54.6 Å². The molecule has 5 heteroatoms. The van der Waals surface area contributed by atoms with Crippen LogP contribution >= 0.6 is 0 Å². The predicted octanol–water partition coefficient (Wildman–Crippen LogP) is 5.73. The molecule has 0 aliphatic heterocycles. The van der Waals surface area contributed by atoms with Gasteiger partial charge in [0.25, 0.3) is 0 Å². The van der Waals surface area contributed by atoms with Crippen molar-refractivity contribution in [3.63, 3.8) is 0 Å². The Balaban J connectivity index is 1.30. The molecule has 4 aliphatic rings. The number of rotatable bonds is 14. The maximum absolute atomic E-state index is 11.7. The molecule has 4 fully saturated rings. The Bertz CT molecular complexity index is 748. The van der Waals surface area contributed by atoms with E-state index >= 15 is 0 Å². The Morgan fingerprint density at radius 1 is 0.846 bits per heavy atom. The fourth-order valence-corrected chi connectivity index (χ4v) is 10.4. The molecule has 4 rings (SSSR count). The Labute approximate surface area is 241 Å². The SMILES string of the molecule is CC(C)C(O)CCC(C)C1CCC2C3C(O)CC4CC(NCCCNCCCCN)CCC4(C)C3CCC12C. The molecule has 4 saturated carbocycles. The second-order valence-corrected chi connectivity index (χ2v) is 15.4. The molecule has 4 aliphatic carbocycles. The van der Waals surface area contributed by atoms with Gasteiger partial charge in [0.15, 0.2) is 0 Å². The first-order chi connectivity index (χ1) is 18.6. The second-order valence-electron chi connectivity index (χ2n) is 15.4. The van der Waals surface area contributed by atoms with Crippen molar-refractivity contribution in [2.24, 2.45) is 58.0 Å². The van der Waals surface area contributed by atoms with Crippen LogP contribution in [0.2, 0.25) is 0 Å². The molecule has 0 aromatic rings. The lowest BCUT2D eigenvalue weighted by atomic mass is 9.43. The lowest BCUT2D eigenvalue weighted by Crippen LogP contribution is -2.59. The maximum atomic E-state index is 11.7. The molecule has 6 N–H and O–H groups in total. The summed E-state index contributed by atoms with van der Waals surface area (Å²) in [7, 11) is 0. The standard InChI is InChI=1S/C34H65N3O2/c1-23(2)30(38)12-9-24(3)27-10-11-28-32-29(14-16-34(27,28)5)33(4)15-13-26(21-25(33)22-31(32)39)37-20-8-19-36-18-7-6-17-35/h23-32,36-39H,6-22,35H2,1-5H3. The van der Waals surface area contributed by atoms with Crippen molar-refractivity contribution < 1.29 is 10.2 Å². The van der Waals surface area contributed by atoms with E-state index in [9.17, 15) is 10.2 Å². The van der Waals surface area contributed by atoms with E-state index in [-0.39, 0.29) is 12.2 Å². The molecular weight excluding hydrogens is 482 g/mol. The lowest BCUT2D eigenvalue weighted by Gasteiger charge is -2.62. The van der Waals surface area contributed by atoms with Crippen LogP contribution in [0.1, 0.15) is 118 Å². The molecule has 0 spiro atoms. The number of hydrogen-bond donors (Lipinski definition) is 5. The molecule has 0 saturated heterocycles. The average molecular weight is 548 g/mol. The first-order valence-electron chi connectivity index (χ1n) is 17.1. The summed E-state index contributed by atoms with van der Waals surface area (Å²) in [5, 5.41) is 29.6. The van der Waals surface area contributed by atoms with Crippen molar-refractivity contribution in [2.75, 3.05) is 26.2 Å². The van der Waals surface area contributed by atoms with Crippen molar-refractivity contribution in [3.8, 4) is 0 Å². The Morgan fingerprint density at radius 3 is 2.31 bits per heavy atom. The van der Waals surface area contributed by atoms with Gasteiger partial charge in [-0.3, -0.25) is 0 Å². The second kappa shape index (κ2) is 13.8. The van der Waals surface area contributed by atoms with Crippen LogP contribution in [0.15, 0.2) is 0 Å². The molecule has 0 bridgehead atoms. The monoisotopic (exact) mass is 548 g/mol. The highest BCUT2D eigenvalue weighted by molar-refractivity contribution is 5.12. The zero-order chi connectivity index (χ0) is 28.2. The van der Waals surface area contributed by atoms with Gasteiger partial charge in [-0.1, -0.05) is 34.6 Å². The van der Waals surface area contributed by atoms with Gasteiger partial charge in [0, 0.05) is 6.04 Å². The largest absolute Gasteiger partial charge is 0.393 e. The molecule has 0 aromatic heterocycles. The fourth-order valence-electron chi connectivity index (χ4n) is 10.4. The van der Waals surface area contributed by atoms with Crippen molar-refractivity contribution in [2.45, 2.75) is 136 Å². The van der Waals surface area contributed by atoms with Crippen molar-refractivity contribution in [1.82, 2.24) is 10.6 Å². The summed E-state index contributed by atoms with van der Waals surface area (Å²) >= 11 is 0. The highest BCUT2D eigenvalue weighted by atomic mass is 16.3. The number of nitrogens with two attached hydrogens (primary N) is 1. The molecule has 11 atom stereocenters. The molecular formula is C34H65N3O2. The predicted molar refractivity (Wildman–Crippen MR) is 163 cm³/mol. The van der Waals surface area contributed by atoms with Crippen molar-refractivity contribution >= 4 is 0 Å². The molecule has 11 unspecified atom stereocenters. The van der Waals surface area contributed by atoms with Crippen molar-refractivity contribution in [3.05, 3.63) is 0 Å². The van der Waals surface area contributed by atoms with Crippen molar-refractivity contribution in [1.29, 1.82) is 0 Å². The zero-order valence-corrected chi connectivity index (χ0v) is 26.3. The third-order valence-electron chi connectivity index (χ3n) is 12.9. The minimum Gasteiger partial charge on any atom is -0.393 e. The summed E-state index contributed by atoms with van der Waals surface area (Å²) in [4.78, 5) is 0. The first-order valence-corrected chi connectivity index (χ1v) is 17.1. The van der Waals surface area contributed by atoms with E-state index < -0.39 is 0 Å². The van der Waals surface area contributed by atoms with Crippen LogP contribution in [0, 0.1) is 52.3 Å². The number of aliphatic hydroxyl groups excluding tert-OH is 2. The van der Waals surface area contributed by atoms with E-state index in [0.29, 0.717) is 52.4 Å². The minimum absolute atomic E-state index is 0.119. The third-order valence-corrected chi connectivity index (χ3v) is 12.9. The van der Waals surface area contributed by atoms with Crippen LogP contribution in [0.4, 0.5) is 0 Å². The summed E-state index contributed by atoms with van der Waals surface area (Å²) in [6.45, 7) is 16.0. The molecule has 0 radical (unpaired) electrons. The van der Waals surface area contributed by atoms with Crippen LogP contribution in [0.3, 0.4) is 0 Å². The van der Waals surface area contributed by atoms with Gasteiger partial charge in [0.2, 0.25) is 0 Å². The lowest BCUT2D eigenvalue weighted by molar-refractivity contribution is -0.167. The van der Waals surface area contributed by atoms with Gasteiger partial charge in [0.05, 0.1) is 12.2 Å². The number of aliphatic hydroxyl groups is 2. The highest BCUT2D eigenvalue weighted by Gasteiger charge is 2.62. The smallest absolute Gasteiger partial charge is 0.0577 e. The molecule has 5 nitrogen and oxygen atoms in total. The maximum Gasteiger partial charge on any atom is 0.0577 e. The number of hydrogen-bond acceptors (Lipinski definition) is 5. The molecule has 39 heavy (non-hydrogen) atoms. The quantitative estimate of drug-likeness (QED) is 0.179. The fraction of sp³-hybridized carbons (Fsp3) is 1.00. The third kappa shape index (κ3) is 6.90. The van der Waals surface area contributed by atoms with Gasteiger partial charge in [-0.15, -0.1) is 0 Å². The minimum atomic E-state index is -0.169. The topological polar surface area (TPSA) is 90.5 Å². The van der Waals surface area contributed by atoms with Crippen LogP contribution in [0.25, 0.3) is 0 Å². The van der Waals surface area contributed by atoms with E-state index in [4.69, 9.17) is 5.73 Å². The van der Waals surface area contributed by atoms with E-state index in [1.54, 1.807) is 0 Å². The van der Waals surface area contributed by atoms with Crippen LogP contribution in [0.5, 0.6) is 0 Å². The number of unbranched alkanes of at least 4 members (excludes halogenated alkanes) is 1. The summed E-state index contributed by atoms with van der Waals surface area (Å²) in [6, 6.07) is 0.621. The van der Waals surface area contributed by atoms with Crippen LogP contribution in [-0.2, 0) is 0 Å². The zero-order valence-electron chi connectivity index (χ0n) is 26.3. The number of fused-ring (bicyclic) bond motifs is 5. The normalized spacial score (nSPS) is 41.6. The van der Waals surface area contributed by atoms with Gasteiger partial charge in [-0.25, -0.2) is 0 Å². The van der Waals surface area contributed by atoms with E-state index in [2.05, 4.69) is 45.3 Å². The van der Waals surface area contributed by atoms with Gasteiger partial charge in [-0.05, 0) is 162 Å². The van der Waals surface area contributed by atoms with Gasteiger partial charge < -0.3 is 26.6 Å². The summed E-state index contributed by atoms with van der Waals surface area (Å²) in [5.74, 6) is 4.29.